The Hall–Kier alpha value is -4.05. The molecule has 7 rings (SSSR count). The lowest BCUT2D eigenvalue weighted by Gasteiger charge is -2.59. The van der Waals surface area contributed by atoms with Gasteiger partial charge in [0.25, 0.3) is 8.32 Å². The number of fused-ring (bicyclic) bond motifs is 1. The van der Waals surface area contributed by atoms with Crippen LogP contribution in [-0.2, 0) is 22.1 Å². The number of benzene rings is 5. The van der Waals surface area contributed by atoms with E-state index in [4.69, 9.17) is 4.43 Å². The Morgan fingerprint density at radius 2 is 1.07 bits per heavy atom. The first-order chi connectivity index (χ1) is 22.3. The molecular weight excluding hydrogens is 577 g/mol. The van der Waals surface area contributed by atoms with Gasteiger partial charge in [0.1, 0.15) is 5.78 Å². The van der Waals surface area contributed by atoms with Gasteiger partial charge in [0.15, 0.2) is 0 Å². The first-order valence-electron chi connectivity index (χ1n) is 16.8. The Balaban J connectivity index is 1.47. The quantitative estimate of drug-likeness (QED) is 0.154. The third-order valence-corrected chi connectivity index (χ3v) is 16.2. The van der Waals surface area contributed by atoms with Crippen molar-refractivity contribution >= 4 is 24.5 Å². The summed E-state index contributed by atoms with van der Waals surface area (Å²) in [6, 6.07) is 54.3. The molecule has 0 amide bonds. The predicted octanol–water partition coefficient (Wildman–Crippen LogP) is 8.55. The lowest BCUT2D eigenvalue weighted by atomic mass is 9.43. The van der Waals surface area contributed by atoms with Crippen LogP contribution in [0.15, 0.2) is 152 Å². The molecule has 0 unspecified atom stereocenters. The highest BCUT2D eigenvalue weighted by Gasteiger charge is 2.76. The van der Waals surface area contributed by atoms with Crippen LogP contribution in [0.5, 0.6) is 0 Å². The van der Waals surface area contributed by atoms with Crippen molar-refractivity contribution in [3.63, 3.8) is 0 Å². The number of ketones is 1. The van der Waals surface area contributed by atoms with Crippen LogP contribution >= 0.6 is 0 Å². The van der Waals surface area contributed by atoms with Crippen LogP contribution in [0.3, 0.4) is 0 Å². The summed E-state index contributed by atoms with van der Waals surface area (Å²) in [7, 11) is -2.90. The minimum absolute atomic E-state index is 0.0575. The Morgan fingerprint density at radius 1 is 0.630 bits per heavy atom. The number of hydrogen-bond donors (Lipinski definition) is 0. The van der Waals surface area contributed by atoms with E-state index in [1.807, 2.05) is 0 Å². The summed E-state index contributed by atoms with van der Waals surface area (Å²) in [5, 5.41) is 2.40. The molecule has 2 nitrogen and oxygen atoms in total. The van der Waals surface area contributed by atoms with Gasteiger partial charge in [-0.2, -0.15) is 0 Å². The van der Waals surface area contributed by atoms with Crippen molar-refractivity contribution in [2.75, 3.05) is 0 Å². The number of carbonyl (C=O) groups excluding carboxylic acids is 1. The van der Waals surface area contributed by atoms with Crippen molar-refractivity contribution in [3.05, 3.63) is 168 Å². The summed E-state index contributed by atoms with van der Waals surface area (Å²) in [5.41, 5.74) is 2.82. The highest BCUT2D eigenvalue weighted by atomic mass is 28.4. The van der Waals surface area contributed by atoms with Crippen LogP contribution in [0.25, 0.3) is 0 Å². The molecule has 2 fully saturated rings. The SMILES string of the molecule is CC(C)(C)[Si](O[C@H]1C[C@H](c2ccccc2)[C@]2(Cc3ccccc3)C(=O)C[C@]12Cc1ccccc1)(c1ccccc1)c1ccccc1. The maximum atomic E-state index is 14.6. The van der Waals surface area contributed by atoms with E-state index >= 15 is 0 Å². The minimum atomic E-state index is -2.90. The van der Waals surface area contributed by atoms with Gasteiger partial charge in [0.05, 0.1) is 6.10 Å². The van der Waals surface area contributed by atoms with E-state index in [0.717, 1.165) is 19.3 Å². The average molecular weight is 621 g/mol. The van der Waals surface area contributed by atoms with Crippen LogP contribution in [-0.4, -0.2) is 20.2 Å². The summed E-state index contributed by atoms with van der Waals surface area (Å²) >= 11 is 0. The summed E-state index contributed by atoms with van der Waals surface area (Å²) < 4.78 is 8.09. The normalized spacial score (nSPS) is 24.3. The van der Waals surface area contributed by atoms with Crippen LogP contribution in [0.4, 0.5) is 0 Å². The van der Waals surface area contributed by atoms with Crippen molar-refractivity contribution < 1.29 is 9.22 Å². The molecule has 0 aliphatic heterocycles. The van der Waals surface area contributed by atoms with Crippen LogP contribution in [0, 0.1) is 10.8 Å². The van der Waals surface area contributed by atoms with Gasteiger partial charge in [-0.15, -0.1) is 0 Å². The van der Waals surface area contributed by atoms with Crippen molar-refractivity contribution in [1.29, 1.82) is 0 Å². The molecule has 46 heavy (non-hydrogen) atoms. The monoisotopic (exact) mass is 620 g/mol. The summed E-state index contributed by atoms with van der Waals surface area (Å²) in [6.07, 6.45) is 2.80. The van der Waals surface area contributed by atoms with Gasteiger partial charge >= 0.3 is 0 Å². The lowest BCUT2D eigenvalue weighted by molar-refractivity contribution is -0.167. The van der Waals surface area contributed by atoms with Crippen molar-refractivity contribution in [1.82, 2.24) is 0 Å². The molecule has 4 atom stereocenters. The van der Waals surface area contributed by atoms with E-state index in [0.29, 0.717) is 12.2 Å². The highest BCUT2D eigenvalue weighted by Crippen LogP contribution is 2.73. The third kappa shape index (κ3) is 4.84. The second-order valence-electron chi connectivity index (χ2n) is 14.5. The Bertz CT molecular complexity index is 1730. The molecule has 2 aliphatic rings. The zero-order valence-electron chi connectivity index (χ0n) is 27.2. The van der Waals surface area contributed by atoms with Gasteiger partial charge in [-0.1, -0.05) is 172 Å². The van der Waals surface area contributed by atoms with Gasteiger partial charge in [-0.3, -0.25) is 4.79 Å². The molecule has 232 valence electrons. The summed E-state index contributed by atoms with van der Waals surface area (Å²) in [4.78, 5) is 14.6. The van der Waals surface area contributed by atoms with Gasteiger partial charge < -0.3 is 4.43 Å². The van der Waals surface area contributed by atoms with Gasteiger partial charge in [0.2, 0.25) is 0 Å². The summed E-state index contributed by atoms with van der Waals surface area (Å²) in [6.45, 7) is 7.07. The van der Waals surface area contributed by atoms with Crippen LogP contribution < -0.4 is 10.4 Å². The standard InChI is InChI=1S/C43H44O2Si/c1-41(2,3)46(36-25-15-7-16-26-36,37-27-17-8-18-28-37)45-40-29-38(35-23-13-6-14-24-35)43(31-34-21-11-5-12-22-34)39(44)32-42(40,43)30-33-19-9-4-10-20-33/h4-28,38,40H,29-32H2,1-3H3/t38-,40+,42-,43-/m1/s1. The molecule has 5 aromatic carbocycles. The Labute approximate surface area is 275 Å². The molecule has 3 heteroatoms. The lowest BCUT2D eigenvalue weighted by Crippen LogP contribution is -2.71. The topological polar surface area (TPSA) is 26.3 Å². The molecule has 0 spiro atoms. The van der Waals surface area contributed by atoms with E-state index in [1.54, 1.807) is 0 Å². The molecule has 0 saturated heterocycles. The Morgan fingerprint density at radius 3 is 1.52 bits per heavy atom. The van der Waals surface area contributed by atoms with E-state index in [9.17, 15) is 4.79 Å². The molecule has 0 bridgehead atoms. The zero-order chi connectivity index (χ0) is 31.8. The van der Waals surface area contributed by atoms with Crippen LogP contribution in [0.2, 0.25) is 5.04 Å². The molecule has 0 radical (unpaired) electrons. The fraction of sp³-hybridized carbons (Fsp3) is 0.279. The fourth-order valence-electron chi connectivity index (χ4n) is 9.14. The van der Waals surface area contributed by atoms with E-state index in [-0.39, 0.29) is 22.5 Å². The maximum Gasteiger partial charge on any atom is 0.261 e. The van der Waals surface area contributed by atoms with Crippen LogP contribution in [0.1, 0.15) is 56.2 Å². The first-order valence-corrected chi connectivity index (χ1v) is 18.7. The molecule has 0 heterocycles. The van der Waals surface area contributed by atoms with Crippen molar-refractivity contribution in [2.45, 2.75) is 63.5 Å². The van der Waals surface area contributed by atoms with Gasteiger partial charge in [-0.25, -0.2) is 0 Å². The average Bonchev–Trinajstić information content (AvgIpc) is 3.28. The second kappa shape index (κ2) is 11.9. The molecular formula is C43H44O2Si. The van der Waals surface area contributed by atoms with E-state index < -0.39 is 13.7 Å². The third-order valence-electron chi connectivity index (χ3n) is 11.1. The zero-order valence-corrected chi connectivity index (χ0v) is 28.2. The molecule has 2 saturated carbocycles. The smallest absolute Gasteiger partial charge is 0.261 e. The second-order valence-corrected chi connectivity index (χ2v) is 18.8. The Kier molecular flexibility index (Phi) is 7.95. The predicted molar refractivity (Wildman–Crippen MR) is 191 cm³/mol. The highest BCUT2D eigenvalue weighted by molar-refractivity contribution is 6.99. The fourth-order valence-corrected chi connectivity index (χ4v) is 13.9. The van der Waals surface area contributed by atoms with Crippen molar-refractivity contribution in [2.24, 2.45) is 10.8 Å². The maximum absolute atomic E-state index is 14.6. The number of carbonyl (C=O) groups is 1. The number of Topliss-reactive ketones (excluding diaryl/α,β-unsaturated/α-hetero) is 1. The molecule has 0 N–H and O–H groups in total. The van der Waals surface area contributed by atoms with Gasteiger partial charge in [0, 0.05) is 17.3 Å². The molecule has 0 aromatic heterocycles. The molecule has 5 aromatic rings. The number of hydrogen-bond acceptors (Lipinski definition) is 2. The largest absolute Gasteiger partial charge is 0.404 e. The van der Waals surface area contributed by atoms with Crippen molar-refractivity contribution in [3.8, 4) is 0 Å². The first kappa shape index (κ1) is 30.6. The number of rotatable bonds is 9. The summed E-state index contributed by atoms with van der Waals surface area (Å²) in [5.74, 6) is 0.441. The van der Waals surface area contributed by atoms with E-state index in [2.05, 4.69) is 172 Å². The van der Waals surface area contributed by atoms with Gasteiger partial charge in [-0.05, 0) is 57.3 Å². The minimum Gasteiger partial charge on any atom is -0.404 e. The molecule has 2 aliphatic carbocycles. The van der Waals surface area contributed by atoms with E-state index in [1.165, 1.54) is 27.1 Å².